The summed E-state index contributed by atoms with van der Waals surface area (Å²) in [5.74, 6) is 1.68. The molecule has 0 aliphatic carbocycles. The van der Waals surface area contributed by atoms with E-state index in [1.165, 1.54) is 16.7 Å². The molecule has 2 aromatic carbocycles. The zero-order valence-electron chi connectivity index (χ0n) is 16.5. The van der Waals surface area contributed by atoms with Gasteiger partial charge in [-0.3, -0.25) is 0 Å². The zero-order chi connectivity index (χ0) is 19.0. The first-order valence-corrected chi connectivity index (χ1v) is 9.56. The van der Waals surface area contributed by atoms with Crippen LogP contribution >= 0.6 is 0 Å². The molecule has 4 nitrogen and oxygen atoms in total. The summed E-state index contributed by atoms with van der Waals surface area (Å²) in [4.78, 5) is 12.0. The Hall–Kier alpha value is -2.88. The van der Waals surface area contributed by atoms with E-state index < -0.39 is 0 Å². The summed E-state index contributed by atoms with van der Waals surface area (Å²) in [5, 5.41) is 3.36. The predicted octanol–water partition coefficient (Wildman–Crippen LogP) is 5.27. The molecule has 0 fully saturated rings. The van der Waals surface area contributed by atoms with Gasteiger partial charge in [-0.2, -0.15) is 4.98 Å². The molecule has 0 radical (unpaired) electrons. The molecule has 2 heterocycles. The van der Waals surface area contributed by atoms with E-state index >= 15 is 0 Å². The minimum absolute atomic E-state index is 0.301. The summed E-state index contributed by atoms with van der Waals surface area (Å²) in [6.45, 7) is 9.50. The molecule has 1 N–H and O–H groups in total. The first-order valence-electron chi connectivity index (χ1n) is 9.56. The van der Waals surface area contributed by atoms with Crippen molar-refractivity contribution in [3.63, 3.8) is 0 Å². The highest BCUT2D eigenvalue weighted by Gasteiger charge is 2.26. The van der Waals surface area contributed by atoms with Gasteiger partial charge in [-0.25, -0.2) is 4.98 Å². The number of rotatable bonds is 3. The van der Waals surface area contributed by atoms with Crippen molar-refractivity contribution in [2.75, 3.05) is 16.8 Å². The van der Waals surface area contributed by atoms with Crippen molar-refractivity contribution < 1.29 is 0 Å². The summed E-state index contributed by atoms with van der Waals surface area (Å²) in [6.07, 6.45) is 1.05. The van der Waals surface area contributed by atoms with Crippen molar-refractivity contribution in [3.05, 3.63) is 76.5 Å². The Kier molecular flexibility index (Phi) is 4.56. The highest BCUT2D eigenvalue weighted by atomic mass is 15.3. The molecule has 4 rings (SSSR count). The minimum Gasteiger partial charge on any atom is -0.349 e. The Morgan fingerprint density at radius 1 is 0.963 bits per heavy atom. The van der Waals surface area contributed by atoms with Crippen LogP contribution in [0.1, 0.15) is 40.9 Å². The second-order valence-electron chi connectivity index (χ2n) is 7.39. The van der Waals surface area contributed by atoms with Gasteiger partial charge >= 0.3 is 0 Å². The van der Waals surface area contributed by atoms with Gasteiger partial charge in [-0.05, 0) is 57.4 Å². The minimum atomic E-state index is 0.301. The Balaban J connectivity index is 1.68. The van der Waals surface area contributed by atoms with E-state index in [1.807, 2.05) is 0 Å². The molecule has 4 heteroatoms. The monoisotopic (exact) mass is 358 g/mol. The number of benzene rings is 2. The molecule has 0 amide bonds. The maximum atomic E-state index is 4.90. The van der Waals surface area contributed by atoms with E-state index in [-0.39, 0.29) is 0 Å². The number of anilines is 3. The summed E-state index contributed by atoms with van der Waals surface area (Å²) in [5.41, 5.74) is 7.25. The van der Waals surface area contributed by atoms with Crippen LogP contribution < -0.4 is 10.2 Å². The second kappa shape index (κ2) is 7.03. The van der Waals surface area contributed by atoms with Crippen molar-refractivity contribution in [1.82, 2.24) is 9.97 Å². The number of nitrogens with one attached hydrogen (secondary N) is 1. The van der Waals surface area contributed by atoms with Crippen LogP contribution in [0.25, 0.3) is 0 Å². The first-order chi connectivity index (χ1) is 13.0. The smallest absolute Gasteiger partial charge is 0.229 e. The van der Waals surface area contributed by atoms with E-state index in [9.17, 15) is 0 Å². The van der Waals surface area contributed by atoms with Crippen molar-refractivity contribution in [1.29, 1.82) is 0 Å². The van der Waals surface area contributed by atoms with Gasteiger partial charge < -0.3 is 10.2 Å². The molecule has 1 unspecified atom stereocenters. The fourth-order valence-electron chi connectivity index (χ4n) is 3.78. The Labute approximate surface area is 161 Å². The number of hydrogen-bond donors (Lipinski definition) is 1. The number of aryl methyl sites for hydroxylation is 2. The molecule has 1 atom stereocenters. The van der Waals surface area contributed by atoms with Crippen molar-refractivity contribution in [3.8, 4) is 0 Å². The van der Waals surface area contributed by atoms with Gasteiger partial charge in [0.25, 0.3) is 0 Å². The molecule has 138 valence electrons. The van der Waals surface area contributed by atoms with Crippen LogP contribution in [-0.4, -0.2) is 16.5 Å². The molecule has 0 saturated carbocycles. The lowest BCUT2D eigenvalue weighted by Gasteiger charge is -2.37. The first kappa shape index (κ1) is 17.5. The van der Waals surface area contributed by atoms with Crippen LogP contribution in [0, 0.1) is 20.8 Å². The molecule has 0 spiro atoms. The molecule has 0 saturated heterocycles. The van der Waals surface area contributed by atoms with Crippen LogP contribution in [0.4, 0.5) is 17.5 Å². The molecular formula is C23H26N4. The van der Waals surface area contributed by atoms with Gasteiger partial charge in [0.15, 0.2) is 0 Å². The molecule has 3 aromatic rings. The second-order valence-corrected chi connectivity index (χ2v) is 7.39. The number of nitrogens with zero attached hydrogens (tertiary/aromatic N) is 3. The van der Waals surface area contributed by atoms with E-state index in [1.54, 1.807) is 0 Å². The molecule has 1 aliphatic rings. The summed E-state index contributed by atoms with van der Waals surface area (Å²) >= 11 is 0. The third-order valence-corrected chi connectivity index (χ3v) is 5.54. The van der Waals surface area contributed by atoms with Gasteiger partial charge in [0, 0.05) is 23.5 Å². The standard InChI is InChI=1S/C23H26N4/c1-15-9-11-20(12-10-15)25-23-24-17(3)16(2)22(26-23)27-14-13-19-7-5-6-8-21(19)18(27)4/h5-12,18H,13-14H2,1-4H3,(H,24,25,26). The van der Waals surface area contributed by atoms with Gasteiger partial charge in [0.1, 0.15) is 5.82 Å². The van der Waals surface area contributed by atoms with E-state index in [0.717, 1.165) is 35.7 Å². The van der Waals surface area contributed by atoms with E-state index in [0.29, 0.717) is 12.0 Å². The predicted molar refractivity (Wildman–Crippen MR) is 112 cm³/mol. The van der Waals surface area contributed by atoms with Gasteiger partial charge in [0.05, 0.1) is 6.04 Å². The maximum Gasteiger partial charge on any atom is 0.229 e. The highest BCUT2D eigenvalue weighted by Crippen LogP contribution is 2.35. The number of hydrogen-bond acceptors (Lipinski definition) is 4. The van der Waals surface area contributed by atoms with Crippen LogP contribution in [0.5, 0.6) is 0 Å². The molecule has 1 aromatic heterocycles. The topological polar surface area (TPSA) is 41.1 Å². The van der Waals surface area contributed by atoms with Gasteiger partial charge in [-0.15, -0.1) is 0 Å². The third-order valence-electron chi connectivity index (χ3n) is 5.54. The molecule has 27 heavy (non-hydrogen) atoms. The van der Waals surface area contributed by atoms with Crippen molar-refractivity contribution in [2.45, 2.75) is 40.2 Å². The van der Waals surface area contributed by atoms with E-state index in [2.05, 4.69) is 91.4 Å². The summed E-state index contributed by atoms with van der Waals surface area (Å²) in [6, 6.07) is 17.3. The van der Waals surface area contributed by atoms with Crippen LogP contribution in [0.15, 0.2) is 48.5 Å². The largest absolute Gasteiger partial charge is 0.349 e. The summed E-state index contributed by atoms with van der Waals surface area (Å²) in [7, 11) is 0. The summed E-state index contributed by atoms with van der Waals surface area (Å²) < 4.78 is 0. The van der Waals surface area contributed by atoms with E-state index in [4.69, 9.17) is 4.98 Å². The molecule has 1 aliphatic heterocycles. The lowest BCUT2D eigenvalue weighted by Crippen LogP contribution is -2.35. The fraction of sp³-hybridized carbons (Fsp3) is 0.304. The van der Waals surface area contributed by atoms with Crippen molar-refractivity contribution in [2.24, 2.45) is 0 Å². The van der Waals surface area contributed by atoms with Crippen LogP contribution in [-0.2, 0) is 6.42 Å². The van der Waals surface area contributed by atoms with Crippen LogP contribution in [0.2, 0.25) is 0 Å². The SMILES string of the molecule is Cc1ccc(Nc2nc(C)c(C)c(N3CCc4ccccc4C3C)n2)cc1. The molecular weight excluding hydrogens is 332 g/mol. The van der Waals surface area contributed by atoms with Crippen LogP contribution in [0.3, 0.4) is 0 Å². The average Bonchev–Trinajstić information content (AvgIpc) is 2.67. The highest BCUT2D eigenvalue weighted by molar-refractivity contribution is 5.59. The van der Waals surface area contributed by atoms with Crippen molar-refractivity contribution >= 4 is 17.5 Å². The van der Waals surface area contributed by atoms with Gasteiger partial charge in [0.2, 0.25) is 5.95 Å². The lowest BCUT2D eigenvalue weighted by atomic mass is 9.93. The zero-order valence-corrected chi connectivity index (χ0v) is 16.5. The Morgan fingerprint density at radius 3 is 2.48 bits per heavy atom. The molecule has 0 bridgehead atoms. The van der Waals surface area contributed by atoms with Gasteiger partial charge in [-0.1, -0.05) is 42.0 Å². The third kappa shape index (κ3) is 3.39. The number of fused-ring (bicyclic) bond motifs is 1. The quantitative estimate of drug-likeness (QED) is 0.692. The average molecular weight is 358 g/mol. The lowest BCUT2D eigenvalue weighted by molar-refractivity contribution is 0.614. The Bertz CT molecular complexity index is 963. The number of aromatic nitrogens is 2. The fourth-order valence-corrected chi connectivity index (χ4v) is 3.78. The normalized spacial score (nSPS) is 16.1. The Morgan fingerprint density at radius 2 is 1.70 bits per heavy atom. The maximum absolute atomic E-state index is 4.90.